The van der Waals surface area contributed by atoms with Gasteiger partial charge in [-0.15, -0.1) is 0 Å². The highest BCUT2D eigenvalue weighted by atomic mass is 16.5. The van der Waals surface area contributed by atoms with Crippen LogP contribution in [0.15, 0.2) is 0 Å². The molecule has 0 amide bonds. The summed E-state index contributed by atoms with van der Waals surface area (Å²) >= 11 is 0. The summed E-state index contributed by atoms with van der Waals surface area (Å²) in [5, 5.41) is 0. The van der Waals surface area contributed by atoms with Crippen molar-refractivity contribution in [2.75, 3.05) is 40.6 Å². The molecule has 0 aromatic carbocycles. The summed E-state index contributed by atoms with van der Waals surface area (Å²) in [5.74, 6) is -0.0459. The molecule has 0 rings (SSSR count). The first-order chi connectivity index (χ1) is 12.5. The van der Waals surface area contributed by atoms with Gasteiger partial charge in [-0.2, -0.15) is 0 Å². The first-order valence-corrected chi connectivity index (χ1v) is 11.1. The monoisotopic (exact) mass is 372 g/mol. The van der Waals surface area contributed by atoms with Crippen molar-refractivity contribution < 1.29 is 18.8 Å². The number of hydrogen-bond acceptors (Lipinski definition) is 3. The van der Waals surface area contributed by atoms with Crippen molar-refractivity contribution in [1.29, 1.82) is 0 Å². The van der Waals surface area contributed by atoms with E-state index in [9.17, 15) is 4.79 Å². The molecule has 0 aromatic rings. The Labute approximate surface area is 163 Å². The highest BCUT2D eigenvalue weighted by Gasteiger charge is 2.16. The molecule has 0 saturated heterocycles. The van der Waals surface area contributed by atoms with Crippen molar-refractivity contribution in [1.82, 2.24) is 0 Å². The molecule has 0 saturated carbocycles. The summed E-state index contributed by atoms with van der Waals surface area (Å²) < 4.78 is 11.9. The molecule has 156 valence electrons. The minimum absolute atomic E-state index is 0.0459. The van der Waals surface area contributed by atoms with Crippen LogP contribution in [0.1, 0.15) is 97.3 Å². The van der Waals surface area contributed by atoms with Crippen LogP contribution in [0.3, 0.4) is 0 Å². The van der Waals surface area contributed by atoms with Gasteiger partial charge in [-0.05, 0) is 12.8 Å². The zero-order valence-corrected chi connectivity index (χ0v) is 18.2. The van der Waals surface area contributed by atoms with E-state index in [-0.39, 0.29) is 5.97 Å². The van der Waals surface area contributed by atoms with Gasteiger partial charge in [0.15, 0.2) is 6.73 Å². The van der Waals surface area contributed by atoms with Gasteiger partial charge >= 0.3 is 5.97 Å². The first-order valence-electron chi connectivity index (χ1n) is 11.1. The Morgan fingerprint density at radius 3 is 1.88 bits per heavy atom. The van der Waals surface area contributed by atoms with Crippen LogP contribution in [0.2, 0.25) is 0 Å². The van der Waals surface area contributed by atoms with E-state index in [0.717, 1.165) is 36.9 Å². The molecule has 0 aliphatic carbocycles. The van der Waals surface area contributed by atoms with E-state index >= 15 is 0 Å². The van der Waals surface area contributed by atoms with E-state index in [1.807, 2.05) is 0 Å². The van der Waals surface area contributed by atoms with Gasteiger partial charge in [-0.1, -0.05) is 78.1 Å². The molecule has 4 heteroatoms. The van der Waals surface area contributed by atoms with Gasteiger partial charge in [0.25, 0.3) is 0 Å². The Kier molecular flexibility index (Phi) is 17.4. The highest BCUT2D eigenvalue weighted by Crippen LogP contribution is 2.09. The Hall–Kier alpha value is -0.610. The van der Waals surface area contributed by atoms with Crippen molar-refractivity contribution in [3.63, 3.8) is 0 Å². The molecule has 0 aromatic heterocycles. The van der Waals surface area contributed by atoms with Gasteiger partial charge in [0.05, 0.1) is 20.7 Å². The Bertz CT molecular complexity index is 319. The second-order valence-corrected chi connectivity index (χ2v) is 8.20. The van der Waals surface area contributed by atoms with Crippen molar-refractivity contribution in [2.24, 2.45) is 0 Å². The Morgan fingerprint density at radius 2 is 1.27 bits per heavy atom. The number of nitrogens with zero attached hydrogens (tertiary/aromatic N) is 1. The third kappa shape index (κ3) is 18.2. The van der Waals surface area contributed by atoms with Crippen LogP contribution in [0.5, 0.6) is 0 Å². The summed E-state index contributed by atoms with van der Waals surface area (Å²) in [6.45, 7) is 7.28. The Balaban J connectivity index is 3.50. The maximum Gasteiger partial charge on any atom is 0.305 e. The van der Waals surface area contributed by atoms with Gasteiger partial charge in [0.2, 0.25) is 0 Å². The number of ether oxygens (including phenoxy) is 2. The first kappa shape index (κ1) is 25.4. The minimum Gasteiger partial charge on any atom is -0.460 e. The zero-order valence-electron chi connectivity index (χ0n) is 18.2. The van der Waals surface area contributed by atoms with Crippen molar-refractivity contribution in [3.8, 4) is 0 Å². The topological polar surface area (TPSA) is 35.5 Å². The van der Waals surface area contributed by atoms with Gasteiger partial charge in [0, 0.05) is 6.42 Å². The molecule has 0 spiro atoms. The molecule has 0 radical (unpaired) electrons. The molecule has 26 heavy (non-hydrogen) atoms. The van der Waals surface area contributed by atoms with Crippen LogP contribution in [0, 0.1) is 0 Å². The summed E-state index contributed by atoms with van der Waals surface area (Å²) in [6, 6.07) is 0. The van der Waals surface area contributed by atoms with Gasteiger partial charge in [-0.3, -0.25) is 4.79 Å². The lowest BCUT2D eigenvalue weighted by molar-refractivity contribution is -0.909. The largest absolute Gasteiger partial charge is 0.460 e. The number of rotatable bonds is 19. The third-order valence-electron chi connectivity index (χ3n) is 4.78. The van der Waals surface area contributed by atoms with Crippen molar-refractivity contribution in [2.45, 2.75) is 97.3 Å². The fraction of sp³-hybridized carbons (Fsp3) is 0.955. The second kappa shape index (κ2) is 17.8. The molecule has 4 nitrogen and oxygen atoms in total. The summed E-state index contributed by atoms with van der Waals surface area (Å²) in [5.41, 5.74) is 0. The van der Waals surface area contributed by atoms with Crippen LogP contribution >= 0.6 is 0 Å². The summed E-state index contributed by atoms with van der Waals surface area (Å²) in [4.78, 5) is 11.8. The maximum absolute atomic E-state index is 11.8. The number of esters is 1. The van der Waals surface area contributed by atoms with Gasteiger partial charge in [-0.25, -0.2) is 0 Å². The molecule has 0 heterocycles. The van der Waals surface area contributed by atoms with E-state index in [0.29, 0.717) is 19.8 Å². The lowest BCUT2D eigenvalue weighted by Crippen LogP contribution is -2.44. The molecular weight excluding hydrogens is 326 g/mol. The number of unbranched alkanes of at least 4 members (excludes halogenated alkanes) is 10. The van der Waals surface area contributed by atoms with E-state index in [1.165, 1.54) is 57.8 Å². The summed E-state index contributed by atoms with van der Waals surface area (Å²) in [6.07, 6.45) is 15.5. The van der Waals surface area contributed by atoms with Crippen LogP contribution in [-0.2, 0) is 14.3 Å². The van der Waals surface area contributed by atoms with E-state index in [4.69, 9.17) is 9.47 Å². The molecule has 0 bridgehead atoms. The molecule has 0 unspecified atom stereocenters. The smallest absolute Gasteiger partial charge is 0.305 e. The second-order valence-electron chi connectivity index (χ2n) is 8.20. The van der Waals surface area contributed by atoms with E-state index in [2.05, 4.69) is 27.9 Å². The maximum atomic E-state index is 11.8. The lowest BCUT2D eigenvalue weighted by Gasteiger charge is -2.28. The SMILES string of the molecule is CCCCCCCCCC(=O)OCC[N+](C)(C)COCCCCCCC. The average Bonchev–Trinajstić information content (AvgIpc) is 2.60. The van der Waals surface area contributed by atoms with Crippen molar-refractivity contribution >= 4 is 5.97 Å². The molecule has 0 aliphatic rings. The fourth-order valence-corrected chi connectivity index (χ4v) is 2.89. The lowest BCUT2D eigenvalue weighted by atomic mass is 10.1. The van der Waals surface area contributed by atoms with Gasteiger partial charge < -0.3 is 14.0 Å². The predicted octanol–water partition coefficient (Wildman–Crippen LogP) is 5.69. The summed E-state index contributed by atoms with van der Waals surface area (Å²) in [7, 11) is 4.25. The normalized spacial score (nSPS) is 11.7. The van der Waals surface area contributed by atoms with Crippen LogP contribution in [0.25, 0.3) is 0 Å². The van der Waals surface area contributed by atoms with Crippen molar-refractivity contribution in [3.05, 3.63) is 0 Å². The van der Waals surface area contributed by atoms with Crippen LogP contribution < -0.4 is 0 Å². The van der Waals surface area contributed by atoms with Crippen LogP contribution in [-0.4, -0.2) is 51.0 Å². The van der Waals surface area contributed by atoms with E-state index < -0.39 is 0 Å². The number of carbonyl (C=O) groups is 1. The van der Waals surface area contributed by atoms with Gasteiger partial charge in [0.1, 0.15) is 13.2 Å². The minimum atomic E-state index is -0.0459. The fourth-order valence-electron chi connectivity index (χ4n) is 2.89. The highest BCUT2D eigenvalue weighted by molar-refractivity contribution is 5.69. The third-order valence-corrected chi connectivity index (χ3v) is 4.78. The molecule has 0 fully saturated rings. The van der Waals surface area contributed by atoms with E-state index in [1.54, 1.807) is 0 Å². The number of hydrogen-bond donors (Lipinski definition) is 0. The quantitative estimate of drug-likeness (QED) is 0.126. The van der Waals surface area contributed by atoms with Crippen LogP contribution in [0.4, 0.5) is 0 Å². The number of quaternary nitrogens is 1. The number of carbonyl (C=O) groups excluding carboxylic acids is 1. The average molecular weight is 373 g/mol. The molecular formula is C22H46NO3+. The number of likely N-dealkylation sites (N-methyl/N-ethyl adjacent to an activating group) is 1. The zero-order chi connectivity index (χ0) is 19.5. The standard InChI is InChI=1S/C22H46NO3/c1-5-7-9-11-12-13-15-17-22(24)26-20-18-23(3,4)21-25-19-16-14-10-8-6-2/h5-21H2,1-4H3/q+1. The Morgan fingerprint density at radius 1 is 0.731 bits per heavy atom. The molecule has 0 N–H and O–H groups in total. The molecule has 0 aliphatic heterocycles. The predicted molar refractivity (Wildman–Crippen MR) is 110 cm³/mol. The molecule has 0 atom stereocenters.